The van der Waals surface area contributed by atoms with Crippen LogP contribution in [0.15, 0.2) is 12.4 Å². The number of anilines is 1. The molecule has 2 aromatic heterocycles. The van der Waals surface area contributed by atoms with E-state index in [-0.39, 0.29) is 0 Å². The summed E-state index contributed by atoms with van der Waals surface area (Å²) in [5, 5.41) is 8.37. The molecule has 0 aromatic carbocycles. The number of nitrogens with zero attached hydrogens (tertiary/aromatic N) is 6. The van der Waals surface area contributed by atoms with Crippen LogP contribution in [0.1, 0.15) is 12.2 Å². The fourth-order valence-corrected chi connectivity index (χ4v) is 2.65. The van der Waals surface area contributed by atoms with Crippen LogP contribution in [0, 0.1) is 6.92 Å². The van der Waals surface area contributed by atoms with Gasteiger partial charge < -0.3 is 10.6 Å². The van der Waals surface area contributed by atoms with Gasteiger partial charge in [0, 0.05) is 38.6 Å². The number of aromatic nitrogens is 4. The number of hydrogen-bond acceptors (Lipinski definition) is 6. The molecule has 2 aromatic rings. The van der Waals surface area contributed by atoms with Crippen molar-refractivity contribution in [1.82, 2.24) is 24.5 Å². The van der Waals surface area contributed by atoms with Gasteiger partial charge in [-0.15, -0.1) is 10.2 Å². The fraction of sp³-hybridized carbons (Fsp3) is 0.615. The van der Waals surface area contributed by atoms with Crippen molar-refractivity contribution in [1.29, 1.82) is 0 Å². The molecule has 20 heavy (non-hydrogen) atoms. The van der Waals surface area contributed by atoms with Gasteiger partial charge in [0.2, 0.25) is 5.65 Å². The monoisotopic (exact) mass is 275 g/mol. The maximum atomic E-state index is 5.56. The number of fused-ring (bicyclic) bond motifs is 1. The zero-order valence-electron chi connectivity index (χ0n) is 11.9. The summed E-state index contributed by atoms with van der Waals surface area (Å²) in [5.41, 5.74) is 6.41. The minimum atomic E-state index is 0.764. The van der Waals surface area contributed by atoms with Gasteiger partial charge in [-0.05, 0) is 26.4 Å². The van der Waals surface area contributed by atoms with Crippen LogP contribution in [0.2, 0.25) is 0 Å². The highest BCUT2D eigenvalue weighted by Gasteiger charge is 2.20. The Morgan fingerprint density at radius 1 is 1.20 bits per heavy atom. The Labute approximate surface area is 118 Å². The third-order valence-electron chi connectivity index (χ3n) is 3.83. The van der Waals surface area contributed by atoms with E-state index in [0.717, 1.165) is 63.0 Å². The van der Waals surface area contributed by atoms with Gasteiger partial charge in [-0.25, -0.2) is 4.98 Å². The lowest BCUT2D eigenvalue weighted by Crippen LogP contribution is -2.47. The molecule has 7 heteroatoms. The van der Waals surface area contributed by atoms with E-state index in [1.165, 1.54) is 0 Å². The van der Waals surface area contributed by atoms with Gasteiger partial charge in [0.15, 0.2) is 5.82 Å². The average molecular weight is 275 g/mol. The summed E-state index contributed by atoms with van der Waals surface area (Å²) in [6, 6.07) is 0. The van der Waals surface area contributed by atoms with Crippen LogP contribution in [0.5, 0.6) is 0 Å². The molecule has 3 heterocycles. The minimum Gasteiger partial charge on any atom is -0.351 e. The summed E-state index contributed by atoms with van der Waals surface area (Å²) in [6.07, 6.45) is 4.79. The molecule has 1 fully saturated rings. The lowest BCUT2D eigenvalue weighted by Gasteiger charge is -2.35. The molecule has 0 bridgehead atoms. The topological polar surface area (TPSA) is 75.6 Å². The molecule has 1 saturated heterocycles. The second kappa shape index (κ2) is 5.72. The Hall–Kier alpha value is -1.73. The van der Waals surface area contributed by atoms with Crippen molar-refractivity contribution >= 4 is 11.5 Å². The van der Waals surface area contributed by atoms with Crippen molar-refractivity contribution in [2.24, 2.45) is 5.73 Å². The molecule has 7 nitrogen and oxygen atoms in total. The van der Waals surface area contributed by atoms with Crippen molar-refractivity contribution in [2.75, 3.05) is 44.2 Å². The number of nitrogens with two attached hydrogens (primary N) is 1. The highest BCUT2D eigenvalue weighted by molar-refractivity contribution is 5.63. The predicted octanol–water partition coefficient (Wildman–Crippen LogP) is -0.0965. The fourth-order valence-electron chi connectivity index (χ4n) is 2.65. The maximum Gasteiger partial charge on any atom is 0.203 e. The molecule has 0 radical (unpaired) electrons. The predicted molar refractivity (Wildman–Crippen MR) is 77.8 cm³/mol. The van der Waals surface area contributed by atoms with Gasteiger partial charge in [0.05, 0.1) is 0 Å². The zero-order valence-corrected chi connectivity index (χ0v) is 11.9. The summed E-state index contributed by atoms with van der Waals surface area (Å²) in [6.45, 7) is 7.86. The quantitative estimate of drug-likeness (QED) is 0.840. The normalized spacial score (nSPS) is 17.0. The first-order chi connectivity index (χ1) is 9.79. The van der Waals surface area contributed by atoms with E-state index in [9.17, 15) is 0 Å². The Morgan fingerprint density at radius 2 is 2.00 bits per heavy atom. The van der Waals surface area contributed by atoms with Gasteiger partial charge in [-0.3, -0.25) is 9.30 Å². The number of piperazine rings is 1. The number of aryl methyl sites for hydroxylation is 1. The highest BCUT2D eigenvalue weighted by atomic mass is 15.3. The van der Waals surface area contributed by atoms with Crippen molar-refractivity contribution in [3.63, 3.8) is 0 Å². The standard InChI is InChI=1S/C13H21N7/c1-11-16-17-13-12(15-4-6-20(11)13)19-9-7-18(8-10-19)5-2-3-14/h4,6H,2-3,5,7-10,14H2,1H3. The zero-order chi connectivity index (χ0) is 13.9. The molecule has 0 atom stereocenters. The first-order valence-corrected chi connectivity index (χ1v) is 7.13. The van der Waals surface area contributed by atoms with E-state index in [1.807, 2.05) is 23.7 Å². The molecular formula is C13H21N7. The van der Waals surface area contributed by atoms with Crippen LogP contribution in [0.4, 0.5) is 5.82 Å². The van der Waals surface area contributed by atoms with Crippen LogP contribution < -0.4 is 10.6 Å². The molecule has 0 saturated carbocycles. The number of hydrogen-bond donors (Lipinski definition) is 1. The molecular weight excluding hydrogens is 254 g/mol. The van der Waals surface area contributed by atoms with Crippen molar-refractivity contribution in [3.05, 3.63) is 18.2 Å². The van der Waals surface area contributed by atoms with Gasteiger partial charge in [0.25, 0.3) is 0 Å². The smallest absolute Gasteiger partial charge is 0.203 e. The third-order valence-corrected chi connectivity index (χ3v) is 3.83. The average Bonchev–Trinajstić information content (AvgIpc) is 2.87. The molecule has 0 unspecified atom stereocenters. The maximum absolute atomic E-state index is 5.56. The lowest BCUT2D eigenvalue weighted by atomic mass is 10.3. The summed E-state index contributed by atoms with van der Waals surface area (Å²) < 4.78 is 1.99. The molecule has 1 aliphatic heterocycles. The van der Waals surface area contributed by atoms with E-state index in [4.69, 9.17) is 5.73 Å². The van der Waals surface area contributed by atoms with E-state index in [0.29, 0.717) is 0 Å². The molecule has 108 valence electrons. The van der Waals surface area contributed by atoms with Crippen LogP contribution >= 0.6 is 0 Å². The van der Waals surface area contributed by atoms with E-state index in [1.54, 1.807) is 0 Å². The van der Waals surface area contributed by atoms with Crippen LogP contribution in [-0.4, -0.2) is 63.8 Å². The molecule has 3 rings (SSSR count). The van der Waals surface area contributed by atoms with Crippen molar-refractivity contribution in [2.45, 2.75) is 13.3 Å². The molecule has 0 amide bonds. The van der Waals surface area contributed by atoms with E-state index < -0.39 is 0 Å². The summed E-state index contributed by atoms with van der Waals surface area (Å²) in [5.74, 6) is 1.83. The minimum absolute atomic E-state index is 0.764. The van der Waals surface area contributed by atoms with Crippen molar-refractivity contribution < 1.29 is 0 Å². The van der Waals surface area contributed by atoms with Gasteiger partial charge in [-0.1, -0.05) is 0 Å². The summed E-state index contributed by atoms with van der Waals surface area (Å²) >= 11 is 0. The lowest BCUT2D eigenvalue weighted by molar-refractivity contribution is 0.256. The Bertz CT molecular complexity index is 571. The second-order valence-corrected chi connectivity index (χ2v) is 5.16. The summed E-state index contributed by atoms with van der Waals surface area (Å²) in [7, 11) is 0. The van der Waals surface area contributed by atoms with Gasteiger partial charge >= 0.3 is 0 Å². The summed E-state index contributed by atoms with van der Waals surface area (Å²) in [4.78, 5) is 9.25. The van der Waals surface area contributed by atoms with Crippen LogP contribution in [0.3, 0.4) is 0 Å². The Balaban J connectivity index is 1.73. The second-order valence-electron chi connectivity index (χ2n) is 5.16. The van der Waals surface area contributed by atoms with Gasteiger partial charge in [0.1, 0.15) is 5.82 Å². The Morgan fingerprint density at radius 3 is 2.75 bits per heavy atom. The molecule has 2 N–H and O–H groups in total. The molecule has 0 aliphatic carbocycles. The first kappa shape index (κ1) is 13.3. The van der Waals surface area contributed by atoms with Crippen LogP contribution in [0.25, 0.3) is 5.65 Å². The third kappa shape index (κ3) is 2.46. The molecule has 1 aliphatic rings. The van der Waals surface area contributed by atoms with E-state index >= 15 is 0 Å². The van der Waals surface area contributed by atoms with E-state index in [2.05, 4.69) is 25.0 Å². The SMILES string of the molecule is Cc1nnc2c(N3CCN(CCCN)CC3)nccn12. The highest BCUT2D eigenvalue weighted by Crippen LogP contribution is 2.19. The Kier molecular flexibility index (Phi) is 3.79. The largest absolute Gasteiger partial charge is 0.351 e. The van der Waals surface area contributed by atoms with Crippen LogP contribution in [-0.2, 0) is 0 Å². The first-order valence-electron chi connectivity index (χ1n) is 7.13. The molecule has 0 spiro atoms. The van der Waals surface area contributed by atoms with Crippen molar-refractivity contribution in [3.8, 4) is 0 Å². The number of rotatable bonds is 4. The van der Waals surface area contributed by atoms with Gasteiger partial charge in [-0.2, -0.15) is 0 Å².